The van der Waals surface area contributed by atoms with E-state index in [-0.39, 0.29) is 11.3 Å². The van der Waals surface area contributed by atoms with Crippen LogP contribution in [0.5, 0.6) is 0 Å². The SMILES string of the molecule is CCC[C@@]1(O)CC[C@H]2[C@H](CC[C@@H]3[C@@H]2CC[C@]2(C)[C@@H](C(=O)Cc4ccc(C#N)cn4)CC[C@@H]32)C1. The van der Waals surface area contributed by atoms with Crippen LogP contribution in [0.25, 0.3) is 0 Å². The minimum absolute atomic E-state index is 0.134. The third-order valence-electron chi connectivity index (χ3n) is 10.5. The number of carbonyl (C=O) groups excluding carboxylic acids is 1. The standard InChI is InChI=1S/C29H40N2O2/c1-3-12-29(33)14-11-22-20(16-29)5-7-24-23(22)10-13-28(2)25(24)8-9-26(28)27(32)15-21-6-4-19(17-30)18-31-21/h4,6,18,20,22-26,33H,3,5,7-16H2,1-2H3/t20-,22+,23-,24-,25+,26-,28+,29-/m1/s1. The molecule has 0 saturated heterocycles. The molecule has 4 aliphatic carbocycles. The van der Waals surface area contributed by atoms with Crippen LogP contribution in [0.1, 0.15) is 95.7 Å². The lowest BCUT2D eigenvalue weighted by Crippen LogP contribution is -2.51. The van der Waals surface area contributed by atoms with Gasteiger partial charge in [0.25, 0.3) is 0 Å². The molecule has 0 aliphatic heterocycles. The van der Waals surface area contributed by atoms with Gasteiger partial charge in [0.05, 0.1) is 11.2 Å². The maximum atomic E-state index is 13.4. The van der Waals surface area contributed by atoms with Crippen LogP contribution >= 0.6 is 0 Å². The van der Waals surface area contributed by atoms with Gasteiger partial charge < -0.3 is 5.11 Å². The Bertz CT molecular complexity index is 921. The molecule has 4 nitrogen and oxygen atoms in total. The number of Topliss-reactive ketones (excluding diaryl/α,β-unsaturated/α-hetero) is 1. The molecule has 4 heteroatoms. The van der Waals surface area contributed by atoms with Crippen molar-refractivity contribution in [2.24, 2.45) is 40.9 Å². The van der Waals surface area contributed by atoms with Crippen LogP contribution in [0, 0.1) is 52.3 Å². The molecule has 0 aromatic carbocycles. The monoisotopic (exact) mass is 448 g/mol. The van der Waals surface area contributed by atoms with E-state index in [0.717, 1.165) is 55.6 Å². The normalized spacial score (nSPS) is 42.0. The summed E-state index contributed by atoms with van der Waals surface area (Å²) in [7, 11) is 0. The molecule has 1 aromatic rings. The summed E-state index contributed by atoms with van der Waals surface area (Å²) in [6.45, 7) is 4.61. The molecular weight excluding hydrogens is 408 g/mol. The average Bonchev–Trinajstić information content (AvgIpc) is 3.16. The topological polar surface area (TPSA) is 74.0 Å². The van der Waals surface area contributed by atoms with E-state index >= 15 is 0 Å². The van der Waals surface area contributed by atoms with Crippen LogP contribution in [0.15, 0.2) is 18.3 Å². The molecule has 1 heterocycles. The number of aromatic nitrogens is 1. The second-order valence-electron chi connectivity index (χ2n) is 12.1. The Morgan fingerprint density at radius 1 is 1.12 bits per heavy atom. The number of ketones is 1. The summed E-state index contributed by atoms with van der Waals surface area (Å²) >= 11 is 0. The van der Waals surface area contributed by atoms with Crippen molar-refractivity contribution in [3.8, 4) is 6.07 Å². The fourth-order valence-corrected chi connectivity index (χ4v) is 9.08. The van der Waals surface area contributed by atoms with Gasteiger partial charge in [-0.15, -0.1) is 0 Å². The number of aliphatic hydroxyl groups is 1. The average molecular weight is 449 g/mol. The number of nitrogens with zero attached hydrogens (tertiary/aromatic N) is 2. The highest BCUT2D eigenvalue weighted by molar-refractivity contribution is 5.84. The van der Waals surface area contributed by atoms with Gasteiger partial charge >= 0.3 is 0 Å². The van der Waals surface area contributed by atoms with Gasteiger partial charge in [-0.25, -0.2) is 0 Å². The van der Waals surface area contributed by atoms with Gasteiger partial charge in [-0.2, -0.15) is 5.26 Å². The van der Waals surface area contributed by atoms with Crippen molar-refractivity contribution in [2.45, 2.75) is 96.5 Å². The second-order valence-corrected chi connectivity index (χ2v) is 12.1. The Hall–Kier alpha value is -1.73. The van der Waals surface area contributed by atoms with E-state index < -0.39 is 5.60 Å². The fraction of sp³-hybridized carbons (Fsp3) is 0.759. The zero-order chi connectivity index (χ0) is 23.2. The van der Waals surface area contributed by atoms with Crippen molar-refractivity contribution < 1.29 is 9.90 Å². The molecule has 0 unspecified atom stereocenters. The molecule has 4 aliphatic rings. The molecule has 0 bridgehead atoms. The van der Waals surface area contributed by atoms with Gasteiger partial charge in [0.1, 0.15) is 11.9 Å². The smallest absolute Gasteiger partial charge is 0.142 e. The van der Waals surface area contributed by atoms with Gasteiger partial charge in [-0.05, 0) is 111 Å². The van der Waals surface area contributed by atoms with Gasteiger partial charge in [0, 0.05) is 24.2 Å². The number of pyridine rings is 1. The largest absolute Gasteiger partial charge is 0.390 e. The molecule has 1 aromatic heterocycles. The zero-order valence-corrected chi connectivity index (χ0v) is 20.4. The quantitative estimate of drug-likeness (QED) is 0.612. The number of hydrogen-bond donors (Lipinski definition) is 1. The maximum Gasteiger partial charge on any atom is 0.142 e. The van der Waals surface area contributed by atoms with Gasteiger partial charge in [-0.1, -0.05) is 20.3 Å². The first-order chi connectivity index (χ1) is 15.9. The first-order valence-electron chi connectivity index (χ1n) is 13.5. The highest BCUT2D eigenvalue weighted by Crippen LogP contribution is 2.64. The van der Waals surface area contributed by atoms with E-state index in [4.69, 9.17) is 5.26 Å². The number of nitriles is 1. The summed E-state index contributed by atoms with van der Waals surface area (Å²) < 4.78 is 0. The predicted molar refractivity (Wildman–Crippen MR) is 128 cm³/mol. The summed E-state index contributed by atoms with van der Waals surface area (Å²) in [6, 6.07) is 5.71. The molecule has 33 heavy (non-hydrogen) atoms. The Labute approximate surface area is 199 Å². The Morgan fingerprint density at radius 2 is 1.94 bits per heavy atom. The molecular formula is C29H40N2O2. The summed E-state index contributed by atoms with van der Waals surface area (Å²) in [4.78, 5) is 17.8. The Balaban J connectivity index is 1.27. The Kier molecular flexibility index (Phi) is 6.15. The highest BCUT2D eigenvalue weighted by atomic mass is 16.3. The minimum atomic E-state index is -0.406. The second kappa shape index (κ2) is 8.81. The minimum Gasteiger partial charge on any atom is -0.390 e. The molecule has 0 radical (unpaired) electrons. The Morgan fingerprint density at radius 3 is 2.67 bits per heavy atom. The molecule has 178 valence electrons. The number of rotatable bonds is 5. The maximum absolute atomic E-state index is 13.4. The van der Waals surface area contributed by atoms with Gasteiger partial charge in [0.15, 0.2) is 0 Å². The summed E-state index contributed by atoms with van der Waals surface area (Å²) in [5.41, 5.74) is 1.07. The molecule has 4 saturated carbocycles. The molecule has 4 fully saturated rings. The van der Waals surface area contributed by atoms with Crippen molar-refractivity contribution in [3.05, 3.63) is 29.6 Å². The lowest BCUT2D eigenvalue weighted by Gasteiger charge is -2.57. The van der Waals surface area contributed by atoms with E-state index in [0.29, 0.717) is 29.6 Å². The van der Waals surface area contributed by atoms with Gasteiger partial charge in [-0.3, -0.25) is 9.78 Å². The van der Waals surface area contributed by atoms with Crippen LogP contribution in [-0.4, -0.2) is 21.5 Å². The fourth-order valence-electron chi connectivity index (χ4n) is 9.08. The third kappa shape index (κ3) is 4.05. The molecule has 0 amide bonds. The van der Waals surface area contributed by atoms with E-state index in [2.05, 4.69) is 24.9 Å². The first-order valence-corrected chi connectivity index (χ1v) is 13.5. The molecule has 1 N–H and O–H groups in total. The van der Waals surface area contributed by atoms with Crippen LogP contribution in [0.3, 0.4) is 0 Å². The highest BCUT2D eigenvalue weighted by Gasteiger charge is 2.58. The lowest BCUT2D eigenvalue weighted by atomic mass is 9.48. The van der Waals surface area contributed by atoms with Crippen molar-refractivity contribution in [1.29, 1.82) is 5.26 Å². The van der Waals surface area contributed by atoms with E-state index in [1.54, 1.807) is 12.3 Å². The number of fused-ring (bicyclic) bond motifs is 5. The summed E-state index contributed by atoms with van der Waals surface area (Å²) in [5, 5.41) is 20.1. The van der Waals surface area contributed by atoms with Crippen molar-refractivity contribution in [2.75, 3.05) is 0 Å². The number of hydrogen-bond acceptors (Lipinski definition) is 4. The zero-order valence-electron chi connectivity index (χ0n) is 20.4. The predicted octanol–water partition coefficient (Wildman–Crippen LogP) is 5.86. The van der Waals surface area contributed by atoms with Crippen molar-refractivity contribution >= 4 is 5.78 Å². The van der Waals surface area contributed by atoms with Crippen molar-refractivity contribution in [1.82, 2.24) is 4.98 Å². The molecule has 5 rings (SSSR count). The van der Waals surface area contributed by atoms with Crippen molar-refractivity contribution in [3.63, 3.8) is 0 Å². The van der Waals surface area contributed by atoms with Crippen LogP contribution in [0.4, 0.5) is 0 Å². The lowest BCUT2D eigenvalue weighted by molar-refractivity contribution is -0.132. The van der Waals surface area contributed by atoms with E-state index in [1.165, 1.54) is 38.5 Å². The van der Waals surface area contributed by atoms with Crippen LogP contribution in [-0.2, 0) is 11.2 Å². The van der Waals surface area contributed by atoms with E-state index in [1.807, 2.05) is 6.07 Å². The van der Waals surface area contributed by atoms with Gasteiger partial charge in [0.2, 0.25) is 0 Å². The molecule has 8 atom stereocenters. The third-order valence-corrected chi connectivity index (χ3v) is 10.5. The van der Waals surface area contributed by atoms with E-state index in [9.17, 15) is 9.90 Å². The first kappa shape index (κ1) is 23.0. The summed E-state index contributed by atoms with van der Waals surface area (Å²) in [5.74, 6) is 4.27. The summed E-state index contributed by atoms with van der Waals surface area (Å²) in [6.07, 6.45) is 14.5. The molecule has 0 spiro atoms. The van der Waals surface area contributed by atoms with Crippen LogP contribution < -0.4 is 0 Å². The van der Waals surface area contributed by atoms with Crippen LogP contribution in [0.2, 0.25) is 0 Å². The number of carbonyl (C=O) groups is 1.